The number of para-hydroxylation sites is 1. The zero-order chi connectivity index (χ0) is 15.4. The van der Waals surface area contributed by atoms with Crippen LogP contribution in [0.4, 0.5) is 10.5 Å². The summed E-state index contributed by atoms with van der Waals surface area (Å²) in [6.07, 6.45) is 3.14. The van der Waals surface area contributed by atoms with Crippen molar-refractivity contribution < 1.29 is 14.7 Å². The normalized spacial score (nSPS) is 19.0. The molecule has 0 aliphatic carbocycles. The Morgan fingerprint density at radius 1 is 1.24 bits per heavy atom. The average molecular weight is 290 g/mol. The number of carboxylic acid groups (broad SMARTS) is 1. The van der Waals surface area contributed by atoms with Crippen LogP contribution in [0.2, 0.25) is 0 Å². The van der Waals surface area contributed by atoms with Gasteiger partial charge in [0.05, 0.1) is 11.3 Å². The second kappa shape index (κ2) is 6.61. The molecule has 1 N–H and O–H groups in total. The highest BCUT2D eigenvalue weighted by Gasteiger charge is 2.24. The Bertz CT molecular complexity index is 530. The summed E-state index contributed by atoms with van der Waals surface area (Å²) in [4.78, 5) is 27.1. The number of benzene rings is 1. The molecule has 1 unspecified atom stereocenters. The Morgan fingerprint density at radius 3 is 2.67 bits per heavy atom. The smallest absolute Gasteiger partial charge is 0.337 e. The summed E-state index contributed by atoms with van der Waals surface area (Å²) in [6, 6.07) is 6.47. The molecule has 0 bridgehead atoms. The summed E-state index contributed by atoms with van der Waals surface area (Å²) in [5.74, 6) is -0.380. The lowest BCUT2D eigenvalue weighted by Crippen LogP contribution is -2.42. The molecule has 2 amide bonds. The van der Waals surface area contributed by atoms with E-state index in [-0.39, 0.29) is 11.6 Å². The van der Waals surface area contributed by atoms with Gasteiger partial charge in [0.25, 0.3) is 0 Å². The fourth-order valence-corrected chi connectivity index (χ4v) is 2.72. The van der Waals surface area contributed by atoms with Crippen LogP contribution in [0.25, 0.3) is 0 Å². The van der Waals surface area contributed by atoms with Gasteiger partial charge in [-0.15, -0.1) is 0 Å². The first-order chi connectivity index (χ1) is 10.0. The van der Waals surface area contributed by atoms with Gasteiger partial charge in [-0.25, -0.2) is 9.59 Å². The number of carbonyl (C=O) groups excluding carboxylic acids is 1. The van der Waals surface area contributed by atoms with Crippen LogP contribution in [0.5, 0.6) is 0 Å². The first kappa shape index (κ1) is 15.4. The lowest BCUT2D eigenvalue weighted by atomic mass is 10.0. The maximum Gasteiger partial charge on any atom is 0.337 e. The molecule has 5 heteroatoms. The molecule has 1 aromatic carbocycles. The Labute approximate surface area is 125 Å². The fourth-order valence-electron chi connectivity index (χ4n) is 2.72. The maximum atomic E-state index is 12.6. The number of nitrogens with zero attached hydrogens (tertiary/aromatic N) is 2. The van der Waals surface area contributed by atoms with Crippen LogP contribution < -0.4 is 4.90 Å². The number of carboxylic acids is 1. The molecule has 1 saturated heterocycles. The fraction of sp³-hybridized carbons (Fsp3) is 0.500. The molecule has 5 nitrogen and oxygen atoms in total. The van der Waals surface area contributed by atoms with Gasteiger partial charge in [-0.3, -0.25) is 4.90 Å². The van der Waals surface area contributed by atoms with Crippen LogP contribution in [-0.4, -0.2) is 42.1 Å². The van der Waals surface area contributed by atoms with E-state index >= 15 is 0 Å². The number of aromatic carboxylic acids is 1. The van der Waals surface area contributed by atoms with Crippen LogP contribution in [0, 0.1) is 5.92 Å². The Balaban J connectivity index is 2.17. The van der Waals surface area contributed by atoms with E-state index in [9.17, 15) is 14.7 Å². The van der Waals surface area contributed by atoms with Crippen molar-refractivity contribution in [2.75, 3.05) is 25.0 Å². The highest BCUT2D eigenvalue weighted by Crippen LogP contribution is 2.22. The molecule has 1 aliphatic rings. The molecule has 1 atom stereocenters. The third kappa shape index (κ3) is 3.54. The van der Waals surface area contributed by atoms with Gasteiger partial charge in [0.2, 0.25) is 0 Å². The molecule has 114 valence electrons. The Hall–Kier alpha value is -2.04. The SMILES string of the molecule is CC1CCCN(C(=O)N(C)c2ccccc2C(=O)O)CC1. The Morgan fingerprint density at radius 2 is 1.95 bits per heavy atom. The minimum Gasteiger partial charge on any atom is -0.478 e. The predicted molar refractivity (Wildman–Crippen MR) is 81.8 cm³/mol. The summed E-state index contributed by atoms with van der Waals surface area (Å²) in [7, 11) is 1.64. The molecule has 1 heterocycles. The van der Waals surface area contributed by atoms with Gasteiger partial charge in [-0.05, 0) is 37.3 Å². The number of rotatable bonds is 2. The van der Waals surface area contributed by atoms with Crippen molar-refractivity contribution in [1.82, 2.24) is 4.90 Å². The average Bonchev–Trinajstić information content (AvgIpc) is 2.70. The molecule has 2 rings (SSSR count). The van der Waals surface area contributed by atoms with Gasteiger partial charge >= 0.3 is 12.0 Å². The van der Waals surface area contributed by atoms with Crippen molar-refractivity contribution in [3.8, 4) is 0 Å². The maximum absolute atomic E-state index is 12.6. The van der Waals surface area contributed by atoms with E-state index in [2.05, 4.69) is 6.92 Å². The number of hydrogen-bond acceptors (Lipinski definition) is 2. The minimum absolute atomic E-state index is 0.127. The van der Waals surface area contributed by atoms with Crippen molar-refractivity contribution in [3.05, 3.63) is 29.8 Å². The molecule has 0 spiro atoms. The van der Waals surface area contributed by atoms with E-state index in [1.54, 1.807) is 25.2 Å². The van der Waals surface area contributed by atoms with Gasteiger partial charge in [0.1, 0.15) is 0 Å². The van der Waals surface area contributed by atoms with Gasteiger partial charge in [-0.1, -0.05) is 19.1 Å². The minimum atomic E-state index is -1.02. The van der Waals surface area contributed by atoms with Gasteiger partial charge in [0.15, 0.2) is 0 Å². The van der Waals surface area contributed by atoms with E-state index in [1.165, 1.54) is 11.0 Å². The third-order valence-corrected chi connectivity index (χ3v) is 4.07. The zero-order valence-electron chi connectivity index (χ0n) is 12.6. The quantitative estimate of drug-likeness (QED) is 0.910. The van der Waals surface area contributed by atoms with E-state index in [4.69, 9.17) is 0 Å². The second-order valence-corrected chi connectivity index (χ2v) is 5.69. The predicted octanol–water partition coefficient (Wildman–Crippen LogP) is 3.06. The van der Waals surface area contributed by atoms with E-state index in [0.29, 0.717) is 11.6 Å². The van der Waals surface area contributed by atoms with Crippen LogP contribution in [0.3, 0.4) is 0 Å². The number of urea groups is 1. The van der Waals surface area contributed by atoms with Crippen LogP contribution in [0.1, 0.15) is 36.5 Å². The monoisotopic (exact) mass is 290 g/mol. The van der Waals surface area contributed by atoms with Crippen LogP contribution in [0.15, 0.2) is 24.3 Å². The topological polar surface area (TPSA) is 60.9 Å². The molecular weight excluding hydrogens is 268 g/mol. The molecule has 0 saturated carbocycles. The van der Waals surface area contributed by atoms with E-state index in [1.807, 2.05) is 4.90 Å². The number of likely N-dealkylation sites (tertiary alicyclic amines) is 1. The van der Waals surface area contributed by atoms with Crippen LogP contribution >= 0.6 is 0 Å². The highest BCUT2D eigenvalue weighted by molar-refractivity contribution is 6.01. The molecule has 0 aromatic heterocycles. The van der Waals surface area contributed by atoms with E-state index < -0.39 is 5.97 Å². The summed E-state index contributed by atoms with van der Waals surface area (Å²) < 4.78 is 0. The third-order valence-electron chi connectivity index (χ3n) is 4.07. The summed E-state index contributed by atoms with van der Waals surface area (Å²) >= 11 is 0. The molecule has 1 fully saturated rings. The Kier molecular flexibility index (Phi) is 4.83. The first-order valence-electron chi connectivity index (χ1n) is 7.35. The second-order valence-electron chi connectivity index (χ2n) is 5.69. The van der Waals surface area contributed by atoms with Crippen molar-refractivity contribution in [2.24, 2.45) is 5.92 Å². The highest BCUT2D eigenvalue weighted by atomic mass is 16.4. The summed E-state index contributed by atoms with van der Waals surface area (Å²) in [5.41, 5.74) is 0.587. The summed E-state index contributed by atoms with van der Waals surface area (Å²) in [5, 5.41) is 9.23. The number of anilines is 1. The van der Waals surface area contributed by atoms with Gasteiger partial charge in [0, 0.05) is 20.1 Å². The lowest BCUT2D eigenvalue weighted by Gasteiger charge is -2.28. The standard InChI is InChI=1S/C16H22N2O3/c1-12-6-5-10-18(11-9-12)16(21)17(2)14-8-4-3-7-13(14)15(19)20/h3-4,7-8,12H,5-6,9-11H2,1-2H3,(H,19,20). The number of carbonyl (C=O) groups is 2. The molecule has 1 aromatic rings. The van der Waals surface area contributed by atoms with Crippen molar-refractivity contribution in [3.63, 3.8) is 0 Å². The molecule has 21 heavy (non-hydrogen) atoms. The summed E-state index contributed by atoms with van der Waals surface area (Å²) in [6.45, 7) is 3.68. The zero-order valence-corrected chi connectivity index (χ0v) is 12.6. The molecular formula is C16H22N2O3. The van der Waals surface area contributed by atoms with Crippen LogP contribution in [-0.2, 0) is 0 Å². The van der Waals surface area contributed by atoms with Crippen molar-refractivity contribution in [1.29, 1.82) is 0 Å². The lowest BCUT2D eigenvalue weighted by molar-refractivity contribution is 0.0697. The molecule has 0 radical (unpaired) electrons. The van der Waals surface area contributed by atoms with E-state index in [0.717, 1.165) is 32.4 Å². The van der Waals surface area contributed by atoms with Gasteiger partial charge in [-0.2, -0.15) is 0 Å². The van der Waals surface area contributed by atoms with Gasteiger partial charge < -0.3 is 10.0 Å². The van der Waals surface area contributed by atoms with Crippen molar-refractivity contribution >= 4 is 17.7 Å². The molecule has 1 aliphatic heterocycles. The first-order valence-corrected chi connectivity index (χ1v) is 7.35. The van der Waals surface area contributed by atoms with Crippen molar-refractivity contribution in [2.45, 2.75) is 26.2 Å². The largest absolute Gasteiger partial charge is 0.478 e. The number of amides is 2. The number of hydrogen-bond donors (Lipinski definition) is 1.